The Labute approximate surface area is 94.1 Å². The van der Waals surface area contributed by atoms with E-state index < -0.39 is 0 Å². The molecule has 0 amide bonds. The normalized spacial score (nSPS) is 10.4. The van der Waals surface area contributed by atoms with E-state index in [4.69, 9.17) is 4.42 Å². The standard InChI is InChI=1S/C13H13NO2/c1-9-3-4-11(14-8-9)7-13(15)12-5-6-16-10(12)2/h3-6,8H,7H2,1-2H3. The molecule has 2 aromatic heterocycles. The summed E-state index contributed by atoms with van der Waals surface area (Å²) in [6, 6.07) is 5.53. The fourth-order valence-electron chi connectivity index (χ4n) is 1.54. The van der Waals surface area contributed by atoms with E-state index in [1.54, 1.807) is 19.2 Å². The van der Waals surface area contributed by atoms with E-state index in [1.165, 1.54) is 6.26 Å². The van der Waals surface area contributed by atoms with Crippen molar-refractivity contribution in [3.63, 3.8) is 0 Å². The number of carbonyl (C=O) groups is 1. The van der Waals surface area contributed by atoms with Gasteiger partial charge in [-0.25, -0.2) is 0 Å². The quantitative estimate of drug-likeness (QED) is 0.739. The summed E-state index contributed by atoms with van der Waals surface area (Å²) in [5.41, 5.74) is 2.52. The highest BCUT2D eigenvalue weighted by Crippen LogP contribution is 2.12. The van der Waals surface area contributed by atoms with Crippen molar-refractivity contribution in [2.24, 2.45) is 0 Å². The Kier molecular flexibility index (Phi) is 2.86. The second-order valence-corrected chi connectivity index (χ2v) is 3.82. The van der Waals surface area contributed by atoms with Crippen LogP contribution in [0.4, 0.5) is 0 Å². The molecule has 2 heterocycles. The second kappa shape index (κ2) is 4.31. The number of nitrogens with zero attached hydrogens (tertiary/aromatic N) is 1. The topological polar surface area (TPSA) is 43.1 Å². The number of hydrogen-bond donors (Lipinski definition) is 0. The zero-order valence-corrected chi connectivity index (χ0v) is 9.36. The second-order valence-electron chi connectivity index (χ2n) is 3.82. The van der Waals surface area contributed by atoms with Crippen molar-refractivity contribution in [2.45, 2.75) is 20.3 Å². The predicted molar refractivity (Wildman–Crippen MR) is 60.5 cm³/mol. The first-order valence-electron chi connectivity index (χ1n) is 5.15. The monoisotopic (exact) mass is 215 g/mol. The van der Waals surface area contributed by atoms with Crippen molar-refractivity contribution in [3.8, 4) is 0 Å². The van der Waals surface area contributed by atoms with E-state index in [1.807, 2.05) is 19.1 Å². The first-order chi connectivity index (χ1) is 7.66. The molecule has 0 aromatic carbocycles. The summed E-state index contributed by atoms with van der Waals surface area (Å²) in [6.45, 7) is 3.76. The highest BCUT2D eigenvalue weighted by atomic mass is 16.3. The number of rotatable bonds is 3. The molecular formula is C13H13NO2. The van der Waals surface area contributed by atoms with Gasteiger partial charge in [-0.2, -0.15) is 0 Å². The van der Waals surface area contributed by atoms with Crippen LogP contribution >= 0.6 is 0 Å². The summed E-state index contributed by atoms with van der Waals surface area (Å²) in [5, 5.41) is 0. The van der Waals surface area contributed by atoms with Crippen molar-refractivity contribution in [3.05, 3.63) is 53.2 Å². The Morgan fingerprint density at radius 1 is 1.31 bits per heavy atom. The van der Waals surface area contributed by atoms with Crippen LogP contribution < -0.4 is 0 Å². The minimum Gasteiger partial charge on any atom is -0.469 e. The van der Waals surface area contributed by atoms with Gasteiger partial charge >= 0.3 is 0 Å². The number of ketones is 1. The summed E-state index contributed by atoms with van der Waals surface area (Å²) in [6.07, 6.45) is 3.62. The van der Waals surface area contributed by atoms with Gasteiger partial charge in [0.2, 0.25) is 0 Å². The molecule has 0 aliphatic carbocycles. The molecule has 0 aliphatic rings. The molecule has 0 atom stereocenters. The smallest absolute Gasteiger partial charge is 0.172 e. The zero-order valence-electron chi connectivity index (χ0n) is 9.36. The van der Waals surface area contributed by atoms with E-state index in [0.717, 1.165) is 11.3 Å². The lowest BCUT2D eigenvalue weighted by Crippen LogP contribution is -2.05. The van der Waals surface area contributed by atoms with Crippen LogP contribution in [0.25, 0.3) is 0 Å². The maximum Gasteiger partial charge on any atom is 0.172 e. The predicted octanol–water partition coefficient (Wildman–Crippen LogP) is 2.72. The largest absolute Gasteiger partial charge is 0.469 e. The molecule has 16 heavy (non-hydrogen) atoms. The van der Waals surface area contributed by atoms with Gasteiger partial charge in [-0.1, -0.05) is 6.07 Å². The average molecular weight is 215 g/mol. The Morgan fingerprint density at radius 3 is 2.69 bits per heavy atom. The van der Waals surface area contributed by atoms with Crippen LogP contribution in [0.2, 0.25) is 0 Å². The van der Waals surface area contributed by atoms with Crippen molar-refractivity contribution < 1.29 is 9.21 Å². The zero-order chi connectivity index (χ0) is 11.5. The van der Waals surface area contributed by atoms with Crippen LogP contribution in [-0.2, 0) is 6.42 Å². The number of hydrogen-bond acceptors (Lipinski definition) is 3. The van der Waals surface area contributed by atoms with Gasteiger partial charge in [0.15, 0.2) is 5.78 Å². The number of furan rings is 1. The molecule has 0 bridgehead atoms. The molecule has 3 heteroatoms. The fraction of sp³-hybridized carbons (Fsp3) is 0.231. The van der Waals surface area contributed by atoms with E-state index in [-0.39, 0.29) is 5.78 Å². The average Bonchev–Trinajstić information content (AvgIpc) is 2.68. The third-order valence-corrected chi connectivity index (χ3v) is 2.47. The lowest BCUT2D eigenvalue weighted by Gasteiger charge is -2.00. The van der Waals surface area contributed by atoms with Crippen molar-refractivity contribution >= 4 is 5.78 Å². The van der Waals surface area contributed by atoms with E-state index in [2.05, 4.69) is 4.98 Å². The Hall–Kier alpha value is -1.90. The molecule has 0 saturated carbocycles. The third-order valence-electron chi connectivity index (χ3n) is 2.47. The molecule has 0 radical (unpaired) electrons. The van der Waals surface area contributed by atoms with Crippen LogP contribution in [0.3, 0.4) is 0 Å². The van der Waals surface area contributed by atoms with Gasteiger partial charge in [-0.05, 0) is 31.5 Å². The summed E-state index contributed by atoms with van der Waals surface area (Å²) < 4.78 is 5.10. The fourth-order valence-corrected chi connectivity index (χ4v) is 1.54. The molecule has 82 valence electrons. The van der Waals surface area contributed by atoms with Gasteiger partial charge < -0.3 is 4.42 Å². The van der Waals surface area contributed by atoms with Crippen molar-refractivity contribution in [2.75, 3.05) is 0 Å². The molecule has 0 N–H and O–H groups in total. The van der Waals surface area contributed by atoms with Gasteiger partial charge in [-0.3, -0.25) is 9.78 Å². The maximum atomic E-state index is 11.9. The van der Waals surface area contributed by atoms with Gasteiger partial charge in [0.25, 0.3) is 0 Å². The van der Waals surface area contributed by atoms with E-state index in [9.17, 15) is 4.79 Å². The van der Waals surface area contributed by atoms with Gasteiger partial charge in [0.05, 0.1) is 18.2 Å². The minimum atomic E-state index is 0.0441. The van der Waals surface area contributed by atoms with Crippen LogP contribution in [-0.4, -0.2) is 10.8 Å². The number of aromatic nitrogens is 1. The highest BCUT2D eigenvalue weighted by Gasteiger charge is 2.12. The molecule has 0 aliphatic heterocycles. The van der Waals surface area contributed by atoms with Gasteiger partial charge in [0, 0.05) is 11.9 Å². The van der Waals surface area contributed by atoms with E-state index in [0.29, 0.717) is 17.7 Å². The van der Waals surface area contributed by atoms with Gasteiger partial charge in [0.1, 0.15) is 5.76 Å². The molecule has 0 spiro atoms. The van der Waals surface area contributed by atoms with Crippen molar-refractivity contribution in [1.29, 1.82) is 0 Å². The Balaban J connectivity index is 2.14. The molecular weight excluding hydrogens is 202 g/mol. The number of aryl methyl sites for hydroxylation is 2. The molecule has 0 unspecified atom stereocenters. The molecule has 0 fully saturated rings. The SMILES string of the molecule is Cc1ccc(CC(=O)c2ccoc2C)nc1. The highest BCUT2D eigenvalue weighted by molar-refractivity contribution is 5.98. The number of carbonyl (C=O) groups excluding carboxylic acids is 1. The summed E-state index contributed by atoms with van der Waals surface area (Å²) in [5.74, 6) is 0.708. The number of pyridine rings is 1. The lowest BCUT2D eigenvalue weighted by atomic mass is 10.1. The first-order valence-corrected chi connectivity index (χ1v) is 5.15. The molecule has 2 aromatic rings. The summed E-state index contributed by atoms with van der Waals surface area (Å²) >= 11 is 0. The Bertz CT molecular complexity index is 497. The maximum absolute atomic E-state index is 11.9. The van der Waals surface area contributed by atoms with Gasteiger partial charge in [-0.15, -0.1) is 0 Å². The van der Waals surface area contributed by atoms with Crippen LogP contribution in [0, 0.1) is 13.8 Å². The van der Waals surface area contributed by atoms with Crippen LogP contribution in [0.1, 0.15) is 27.4 Å². The third kappa shape index (κ3) is 2.19. The lowest BCUT2D eigenvalue weighted by molar-refractivity contribution is 0.0990. The van der Waals surface area contributed by atoms with Crippen LogP contribution in [0.15, 0.2) is 35.1 Å². The van der Waals surface area contributed by atoms with Crippen molar-refractivity contribution in [1.82, 2.24) is 4.98 Å². The van der Waals surface area contributed by atoms with Crippen LogP contribution in [0.5, 0.6) is 0 Å². The summed E-state index contributed by atoms with van der Waals surface area (Å²) in [7, 11) is 0. The number of Topliss-reactive ketones (excluding diaryl/α,β-unsaturated/α-hetero) is 1. The molecule has 2 rings (SSSR count). The summed E-state index contributed by atoms with van der Waals surface area (Å²) in [4.78, 5) is 16.1. The van der Waals surface area contributed by atoms with E-state index >= 15 is 0 Å². The Morgan fingerprint density at radius 2 is 2.12 bits per heavy atom. The molecule has 0 saturated heterocycles. The minimum absolute atomic E-state index is 0.0441. The first kappa shape index (κ1) is 10.6. The molecule has 3 nitrogen and oxygen atoms in total.